The quantitative estimate of drug-likeness (QED) is 0.618. The second-order valence-corrected chi connectivity index (χ2v) is 6.04. The van der Waals surface area contributed by atoms with E-state index in [2.05, 4.69) is 10.2 Å². The van der Waals surface area contributed by atoms with Crippen molar-refractivity contribution in [2.75, 3.05) is 26.2 Å². The van der Waals surface area contributed by atoms with E-state index in [9.17, 15) is 19.6 Å². The summed E-state index contributed by atoms with van der Waals surface area (Å²) in [4.78, 5) is 12.6. The monoisotopic (exact) mass is 381 g/mol. The molecule has 0 bridgehead atoms. The summed E-state index contributed by atoms with van der Waals surface area (Å²) < 4.78 is 13.9. The van der Waals surface area contributed by atoms with Gasteiger partial charge >= 0.3 is 0 Å². The second-order valence-electron chi connectivity index (χ2n) is 6.04. The first kappa shape index (κ1) is 20.9. The highest BCUT2D eigenvalue weighted by molar-refractivity contribution is 5.85. The Hall–Kier alpha value is -1.15. The first-order valence-corrected chi connectivity index (χ1v) is 7.69. The molecule has 1 aliphatic carbocycles. The number of halogens is 3. The van der Waals surface area contributed by atoms with Gasteiger partial charge in [0.1, 0.15) is 0 Å². The lowest BCUT2D eigenvalue weighted by molar-refractivity contribution is -0.385. The Bertz CT molecular complexity index is 581. The van der Waals surface area contributed by atoms with E-state index in [0.717, 1.165) is 51.5 Å². The third kappa shape index (κ3) is 4.08. The minimum atomic E-state index is -0.913. The molecule has 1 atom stereocenters. The number of phenolic OH excluding ortho intramolecular Hbond substituents is 1. The lowest BCUT2D eigenvalue weighted by atomic mass is 9.76. The first-order valence-electron chi connectivity index (χ1n) is 7.69. The van der Waals surface area contributed by atoms with Crippen molar-refractivity contribution in [1.82, 2.24) is 10.2 Å². The number of hydrogen-bond acceptors (Lipinski definition) is 5. The molecule has 0 amide bonds. The molecule has 1 heterocycles. The van der Waals surface area contributed by atoms with Crippen LogP contribution in [-0.4, -0.2) is 41.1 Å². The normalized spacial score (nSPS) is 19.5. The number of nitro benzene ring substituents is 1. The van der Waals surface area contributed by atoms with Gasteiger partial charge in [-0.05, 0) is 18.8 Å². The maximum atomic E-state index is 13.9. The summed E-state index contributed by atoms with van der Waals surface area (Å²) in [5.41, 5.74) is 0.0584. The predicted molar refractivity (Wildman–Crippen MR) is 93.7 cm³/mol. The van der Waals surface area contributed by atoms with Gasteiger partial charge in [0.2, 0.25) is 0 Å². The van der Waals surface area contributed by atoms with Gasteiger partial charge in [-0.3, -0.25) is 15.0 Å². The zero-order valence-electron chi connectivity index (χ0n) is 13.1. The molecule has 0 radical (unpaired) electrons. The van der Waals surface area contributed by atoms with Crippen LogP contribution in [0.15, 0.2) is 12.1 Å². The molecule has 1 saturated carbocycles. The Labute approximate surface area is 152 Å². The summed E-state index contributed by atoms with van der Waals surface area (Å²) in [6.07, 6.45) is 3.14. The second kappa shape index (κ2) is 8.80. The number of non-ortho nitro benzene ring substituents is 1. The molecule has 2 aliphatic rings. The molecule has 0 aromatic heterocycles. The number of aromatic hydroxyl groups is 1. The van der Waals surface area contributed by atoms with Gasteiger partial charge in [-0.2, -0.15) is 0 Å². The molecule has 1 aromatic rings. The average Bonchev–Trinajstić information content (AvgIpc) is 2.46. The molecule has 9 heteroatoms. The van der Waals surface area contributed by atoms with Gasteiger partial charge in [0.15, 0.2) is 11.6 Å². The van der Waals surface area contributed by atoms with E-state index in [0.29, 0.717) is 11.5 Å². The lowest BCUT2D eigenvalue weighted by Crippen LogP contribution is -2.47. The molecule has 1 saturated heterocycles. The molecular formula is C15H22Cl2FN3O3. The highest BCUT2D eigenvalue weighted by Crippen LogP contribution is 2.45. The molecule has 2 fully saturated rings. The van der Waals surface area contributed by atoms with Crippen molar-refractivity contribution in [2.45, 2.75) is 25.3 Å². The summed E-state index contributed by atoms with van der Waals surface area (Å²) in [7, 11) is 0. The fraction of sp³-hybridized carbons (Fsp3) is 0.600. The molecule has 2 N–H and O–H groups in total. The zero-order valence-corrected chi connectivity index (χ0v) is 14.7. The van der Waals surface area contributed by atoms with Crippen molar-refractivity contribution in [3.05, 3.63) is 33.6 Å². The van der Waals surface area contributed by atoms with E-state index in [4.69, 9.17) is 0 Å². The molecule has 24 heavy (non-hydrogen) atoms. The van der Waals surface area contributed by atoms with Crippen molar-refractivity contribution in [1.29, 1.82) is 0 Å². The van der Waals surface area contributed by atoms with Crippen LogP contribution in [-0.2, 0) is 0 Å². The first-order chi connectivity index (χ1) is 10.6. The Kier molecular flexibility index (Phi) is 7.66. The van der Waals surface area contributed by atoms with Crippen molar-refractivity contribution in [2.24, 2.45) is 5.92 Å². The molecule has 136 valence electrons. The smallest absolute Gasteiger partial charge is 0.272 e. The maximum absolute atomic E-state index is 13.9. The fourth-order valence-electron chi connectivity index (χ4n) is 3.40. The van der Waals surface area contributed by atoms with Crippen molar-refractivity contribution >= 4 is 30.5 Å². The number of piperazine rings is 1. The molecule has 0 spiro atoms. The van der Waals surface area contributed by atoms with E-state index >= 15 is 0 Å². The van der Waals surface area contributed by atoms with E-state index in [1.54, 1.807) is 0 Å². The van der Waals surface area contributed by atoms with Crippen molar-refractivity contribution in [3.8, 4) is 5.75 Å². The SMILES string of the molecule is Cl.Cl.O=[N+]([O-])c1cc(F)c(O)c([C@@H](C2CCC2)N2CCNCC2)c1. The summed E-state index contributed by atoms with van der Waals surface area (Å²) >= 11 is 0. The summed E-state index contributed by atoms with van der Waals surface area (Å²) in [6, 6.07) is 1.97. The Morgan fingerprint density at radius 1 is 1.29 bits per heavy atom. The third-order valence-electron chi connectivity index (χ3n) is 4.75. The lowest BCUT2D eigenvalue weighted by Gasteiger charge is -2.43. The van der Waals surface area contributed by atoms with E-state index < -0.39 is 16.5 Å². The topological polar surface area (TPSA) is 78.6 Å². The Morgan fingerprint density at radius 3 is 2.42 bits per heavy atom. The largest absolute Gasteiger partial charge is 0.505 e. The van der Waals surface area contributed by atoms with Crippen LogP contribution in [0.5, 0.6) is 5.75 Å². The standard InChI is InChI=1S/C15H20FN3O3.2ClH/c16-13-9-11(19(21)22)8-12(15(13)20)14(10-2-1-3-10)18-6-4-17-5-7-18;;/h8-10,14,17,20H,1-7H2;2*1H/t14-;;/m1../s1. The van der Waals surface area contributed by atoms with Gasteiger partial charge in [-0.25, -0.2) is 4.39 Å². The summed E-state index contributed by atoms with van der Waals surface area (Å²) in [5.74, 6) is -1.03. The van der Waals surface area contributed by atoms with Crippen LogP contribution in [0.4, 0.5) is 10.1 Å². The third-order valence-corrected chi connectivity index (χ3v) is 4.75. The highest BCUT2D eigenvalue weighted by atomic mass is 35.5. The van der Waals surface area contributed by atoms with Crippen LogP contribution in [0, 0.1) is 21.8 Å². The van der Waals surface area contributed by atoms with Crippen LogP contribution in [0.25, 0.3) is 0 Å². The van der Waals surface area contributed by atoms with Gasteiger partial charge in [-0.1, -0.05) is 6.42 Å². The van der Waals surface area contributed by atoms with Crippen LogP contribution in [0.2, 0.25) is 0 Å². The van der Waals surface area contributed by atoms with Gasteiger partial charge in [0, 0.05) is 43.9 Å². The number of nitro groups is 1. The zero-order chi connectivity index (χ0) is 15.7. The minimum absolute atomic E-state index is 0. The van der Waals surface area contributed by atoms with Gasteiger partial charge in [-0.15, -0.1) is 24.8 Å². The minimum Gasteiger partial charge on any atom is -0.505 e. The maximum Gasteiger partial charge on any atom is 0.272 e. The summed E-state index contributed by atoms with van der Waals surface area (Å²) in [5, 5.41) is 24.4. The molecule has 1 aromatic carbocycles. The molecule has 1 aliphatic heterocycles. The number of phenols is 1. The van der Waals surface area contributed by atoms with Gasteiger partial charge < -0.3 is 10.4 Å². The van der Waals surface area contributed by atoms with Crippen LogP contribution in [0.3, 0.4) is 0 Å². The number of rotatable bonds is 4. The number of nitrogens with one attached hydrogen (secondary N) is 1. The highest BCUT2D eigenvalue weighted by Gasteiger charge is 2.36. The van der Waals surface area contributed by atoms with Crippen LogP contribution >= 0.6 is 24.8 Å². The van der Waals surface area contributed by atoms with E-state index in [-0.39, 0.29) is 36.5 Å². The van der Waals surface area contributed by atoms with Crippen LogP contribution < -0.4 is 5.32 Å². The fourth-order valence-corrected chi connectivity index (χ4v) is 3.40. The number of benzene rings is 1. The van der Waals surface area contributed by atoms with E-state index in [1.807, 2.05) is 0 Å². The average molecular weight is 382 g/mol. The number of nitrogens with zero attached hydrogens (tertiary/aromatic N) is 2. The molecule has 6 nitrogen and oxygen atoms in total. The predicted octanol–water partition coefficient (Wildman–Crippen LogP) is 3.03. The van der Waals surface area contributed by atoms with Crippen molar-refractivity contribution in [3.63, 3.8) is 0 Å². The molecule has 0 unspecified atom stereocenters. The number of hydrogen-bond donors (Lipinski definition) is 2. The Balaban J connectivity index is 0.00000144. The molecular weight excluding hydrogens is 360 g/mol. The van der Waals surface area contributed by atoms with Crippen LogP contribution in [0.1, 0.15) is 30.9 Å². The van der Waals surface area contributed by atoms with Crippen molar-refractivity contribution < 1.29 is 14.4 Å². The van der Waals surface area contributed by atoms with Gasteiger partial charge in [0.25, 0.3) is 5.69 Å². The van der Waals surface area contributed by atoms with E-state index in [1.165, 1.54) is 6.07 Å². The molecule has 3 rings (SSSR count). The Morgan fingerprint density at radius 2 is 1.92 bits per heavy atom. The summed E-state index contributed by atoms with van der Waals surface area (Å²) in [6.45, 7) is 3.26. The van der Waals surface area contributed by atoms with Gasteiger partial charge in [0.05, 0.1) is 11.0 Å².